The van der Waals surface area contributed by atoms with Crippen LogP contribution >= 0.6 is 0 Å². The molecule has 2 aromatic carbocycles. The SMILES string of the molecule is Cc1cc(C)c(N2CN(C)c3ccccc32)c(C)c1. The quantitative estimate of drug-likeness (QED) is 0.752. The van der Waals surface area contributed by atoms with Crippen LogP contribution < -0.4 is 9.80 Å². The molecule has 0 aromatic heterocycles. The summed E-state index contributed by atoms with van der Waals surface area (Å²) in [5.74, 6) is 0. The molecule has 0 spiro atoms. The molecular weight excluding hydrogens is 232 g/mol. The summed E-state index contributed by atoms with van der Waals surface area (Å²) in [4.78, 5) is 4.72. The minimum Gasteiger partial charge on any atom is -0.355 e. The lowest BCUT2D eigenvalue weighted by atomic mass is 10.0. The third kappa shape index (κ3) is 1.88. The summed E-state index contributed by atoms with van der Waals surface area (Å²) in [7, 11) is 2.15. The van der Waals surface area contributed by atoms with Crippen molar-refractivity contribution in [3.63, 3.8) is 0 Å². The Kier molecular flexibility index (Phi) is 2.74. The van der Waals surface area contributed by atoms with E-state index in [4.69, 9.17) is 0 Å². The third-order valence-electron chi connectivity index (χ3n) is 3.84. The Morgan fingerprint density at radius 3 is 2.11 bits per heavy atom. The van der Waals surface area contributed by atoms with Crippen LogP contribution in [0.25, 0.3) is 0 Å². The van der Waals surface area contributed by atoms with Crippen LogP contribution in [0, 0.1) is 20.8 Å². The van der Waals surface area contributed by atoms with Crippen molar-refractivity contribution in [3.05, 3.63) is 53.1 Å². The van der Waals surface area contributed by atoms with Gasteiger partial charge in [-0.3, -0.25) is 0 Å². The summed E-state index contributed by atoms with van der Waals surface area (Å²) in [6.07, 6.45) is 0. The molecule has 0 atom stereocenters. The van der Waals surface area contributed by atoms with Gasteiger partial charge in [0.1, 0.15) is 0 Å². The predicted molar refractivity (Wildman–Crippen MR) is 82.5 cm³/mol. The fourth-order valence-electron chi connectivity index (χ4n) is 3.17. The highest BCUT2D eigenvalue weighted by Crippen LogP contribution is 2.42. The van der Waals surface area contributed by atoms with Crippen LogP contribution in [0.5, 0.6) is 0 Å². The fourth-order valence-corrected chi connectivity index (χ4v) is 3.17. The molecular formula is C17H20N2. The van der Waals surface area contributed by atoms with E-state index in [1.807, 2.05) is 0 Å². The molecule has 1 aliphatic rings. The van der Waals surface area contributed by atoms with E-state index in [0.29, 0.717) is 0 Å². The molecule has 19 heavy (non-hydrogen) atoms. The van der Waals surface area contributed by atoms with Crippen LogP contribution in [0.1, 0.15) is 16.7 Å². The topological polar surface area (TPSA) is 6.48 Å². The molecule has 2 heteroatoms. The number of rotatable bonds is 1. The van der Waals surface area contributed by atoms with Crippen LogP contribution in [0.2, 0.25) is 0 Å². The summed E-state index contributed by atoms with van der Waals surface area (Å²) in [6, 6.07) is 13.1. The second-order valence-corrected chi connectivity index (χ2v) is 5.50. The molecule has 2 aromatic rings. The first kappa shape index (κ1) is 12.1. The maximum atomic E-state index is 2.42. The average Bonchev–Trinajstić information content (AvgIpc) is 2.67. The molecule has 0 aliphatic carbocycles. The Bertz CT molecular complexity index is 608. The van der Waals surface area contributed by atoms with Gasteiger partial charge in [0.05, 0.1) is 18.0 Å². The minimum atomic E-state index is 0.921. The maximum Gasteiger partial charge on any atom is 0.0950 e. The number of nitrogens with zero attached hydrogens (tertiary/aromatic N) is 2. The highest BCUT2D eigenvalue weighted by atomic mass is 15.4. The average molecular weight is 252 g/mol. The van der Waals surface area contributed by atoms with Crippen LogP contribution in [-0.2, 0) is 0 Å². The van der Waals surface area contributed by atoms with E-state index < -0.39 is 0 Å². The van der Waals surface area contributed by atoms with Crippen molar-refractivity contribution in [1.29, 1.82) is 0 Å². The summed E-state index contributed by atoms with van der Waals surface area (Å²) in [5, 5.41) is 0. The Morgan fingerprint density at radius 2 is 1.47 bits per heavy atom. The van der Waals surface area contributed by atoms with E-state index in [2.05, 4.69) is 74.0 Å². The smallest absolute Gasteiger partial charge is 0.0950 e. The monoisotopic (exact) mass is 252 g/mol. The summed E-state index contributed by atoms with van der Waals surface area (Å²) in [6.45, 7) is 7.49. The Hall–Kier alpha value is -1.96. The Balaban J connectivity index is 2.15. The van der Waals surface area contributed by atoms with E-state index >= 15 is 0 Å². The van der Waals surface area contributed by atoms with Gasteiger partial charge >= 0.3 is 0 Å². The number of hydrogen-bond acceptors (Lipinski definition) is 2. The van der Waals surface area contributed by atoms with E-state index in [-0.39, 0.29) is 0 Å². The van der Waals surface area contributed by atoms with Crippen molar-refractivity contribution in [3.8, 4) is 0 Å². The summed E-state index contributed by atoms with van der Waals surface area (Å²) < 4.78 is 0. The standard InChI is InChI=1S/C17H20N2/c1-12-9-13(2)17(14(3)10-12)19-11-18(4)15-7-5-6-8-16(15)19/h5-10H,11H2,1-4H3. The fraction of sp³-hybridized carbons (Fsp3) is 0.294. The molecule has 0 saturated carbocycles. The summed E-state index contributed by atoms with van der Waals surface area (Å²) >= 11 is 0. The highest BCUT2D eigenvalue weighted by molar-refractivity contribution is 5.84. The molecule has 0 N–H and O–H groups in total. The Labute approximate surface area is 115 Å². The number of hydrogen-bond donors (Lipinski definition) is 0. The van der Waals surface area contributed by atoms with E-state index in [1.54, 1.807) is 0 Å². The highest BCUT2D eigenvalue weighted by Gasteiger charge is 2.25. The van der Waals surface area contributed by atoms with Crippen molar-refractivity contribution < 1.29 is 0 Å². The Morgan fingerprint density at radius 1 is 0.895 bits per heavy atom. The lowest BCUT2D eigenvalue weighted by Crippen LogP contribution is -2.25. The molecule has 1 aliphatic heterocycles. The van der Waals surface area contributed by atoms with Gasteiger partial charge in [0.25, 0.3) is 0 Å². The molecule has 0 bridgehead atoms. The van der Waals surface area contributed by atoms with Gasteiger partial charge in [-0.2, -0.15) is 0 Å². The van der Waals surface area contributed by atoms with Crippen LogP contribution in [0.3, 0.4) is 0 Å². The van der Waals surface area contributed by atoms with Crippen LogP contribution in [0.15, 0.2) is 36.4 Å². The van der Waals surface area contributed by atoms with Gasteiger partial charge in [-0.25, -0.2) is 0 Å². The van der Waals surface area contributed by atoms with Crippen LogP contribution in [0.4, 0.5) is 17.1 Å². The number of anilines is 3. The summed E-state index contributed by atoms with van der Waals surface area (Å²) in [5.41, 5.74) is 7.99. The molecule has 98 valence electrons. The third-order valence-corrected chi connectivity index (χ3v) is 3.84. The van der Waals surface area contributed by atoms with Crippen LogP contribution in [-0.4, -0.2) is 13.7 Å². The molecule has 0 amide bonds. The zero-order chi connectivity index (χ0) is 13.6. The van der Waals surface area contributed by atoms with Gasteiger partial charge in [-0.05, 0) is 44.0 Å². The van der Waals surface area contributed by atoms with Crippen molar-refractivity contribution in [1.82, 2.24) is 0 Å². The van der Waals surface area contributed by atoms with Gasteiger partial charge in [0.2, 0.25) is 0 Å². The van der Waals surface area contributed by atoms with E-state index in [9.17, 15) is 0 Å². The first-order valence-electron chi connectivity index (χ1n) is 6.73. The molecule has 0 unspecified atom stereocenters. The number of fused-ring (bicyclic) bond motifs is 1. The molecule has 0 saturated heterocycles. The lowest BCUT2D eigenvalue weighted by molar-refractivity contribution is 0.941. The van der Waals surface area contributed by atoms with Gasteiger partial charge in [0, 0.05) is 12.7 Å². The minimum absolute atomic E-state index is 0.921. The largest absolute Gasteiger partial charge is 0.355 e. The lowest BCUT2D eigenvalue weighted by Gasteiger charge is -2.24. The first-order valence-corrected chi connectivity index (χ1v) is 6.73. The van der Waals surface area contributed by atoms with Crippen molar-refractivity contribution >= 4 is 17.1 Å². The zero-order valence-electron chi connectivity index (χ0n) is 12.1. The zero-order valence-corrected chi connectivity index (χ0v) is 12.1. The van der Waals surface area contributed by atoms with Gasteiger partial charge in [0.15, 0.2) is 0 Å². The van der Waals surface area contributed by atoms with Crippen molar-refractivity contribution in [2.75, 3.05) is 23.5 Å². The molecule has 3 rings (SSSR count). The normalized spacial score (nSPS) is 13.9. The predicted octanol–water partition coefficient (Wildman–Crippen LogP) is 4.16. The number of benzene rings is 2. The van der Waals surface area contributed by atoms with E-state index in [1.165, 1.54) is 33.8 Å². The molecule has 0 fully saturated rings. The maximum absolute atomic E-state index is 2.42. The molecule has 2 nitrogen and oxygen atoms in total. The van der Waals surface area contributed by atoms with Gasteiger partial charge in [-0.1, -0.05) is 29.8 Å². The second kappa shape index (κ2) is 4.30. The number of aryl methyl sites for hydroxylation is 3. The number of para-hydroxylation sites is 2. The first-order chi connectivity index (χ1) is 9.08. The molecule has 0 radical (unpaired) electrons. The van der Waals surface area contributed by atoms with Crippen molar-refractivity contribution in [2.45, 2.75) is 20.8 Å². The second-order valence-electron chi connectivity index (χ2n) is 5.50. The van der Waals surface area contributed by atoms with Gasteiger partial charge in [-0.15, -0.1) is 0 Å². The van der Waals surface area contributed by atoms with Gasteiger partial charge < -0.3 is 9.80 Å². The molecule has 1 heterocycles. The van der Waals surface area contributed by atoms with E-state index in [0.717, 1.165) is 6.67 Å². The van der Waals surface area contributed by atoms with Crippen molar-refractivity contribution in [2.24, 2.45) is 0 Å².